The largest absolute Gasteiger partial charge is 0.508 e. The Morgan fingerprint density at radius 2 is 1.45 bits per heavy atom. The van der Waals surface area contributed by atoms with Crippen LogP contribution in [0.2, 0.25) is 0 Å². The Morgan fingerprint density at radius 3 is 2.00 bits per heavy atom. The summed E-state index contributed by atoms with van der Waals surface area (Å²) in [6, 6.07) is 0.497. The van der Waals surface area contributed by atoms with Gasteiger partial charge in [-0.25, -0.2) is 9.78 Å². The minimum absolute atomic E-state index is 0.0372. The number of carbonyl (C=O) groups excluding carboxylic acids is 5. The van der Waals surface area contributed by atoms with E-state index in [0.29, 0.717) is 11.3 Å². The number of primary amides is 2. The number of phenols is 1. The van der Waals surface area contributed by atoms with Gasteiger partial charge in [-0.1, -0.05) is 12.1 Å². The van der Waals surface area contributed by atoms with Gasteiger partial charge in [-0.3, -0.25) is 24.0 Å². The quantitative estimate of drug-likeness (QED) is 0.0996. The van der Waals surface area contributed by atoms with Crippen LogP contribution in [0.1, 0.15) is 30.5 Å². The van der Waals surface area contributed by atoms with Crippen molar-refractivity contribution in [1.29, 1.82) is 0 Å². The van der Waals surface area contributed by atoms with E-state index in [1.54, 1.807) is 12.1 Å². The summed E-state index contributed by atoms with van der Waals surface area (Å²) in [7, 11) is 0. The smallest absolute Gasteiger partial charge is 0.326 e. The summed E-state index contributed by atoms with van der Waals surface area (Å²) in [5.41, 5.74) is 17.4. The molecule has 12 N–H and O–H groups in total. The molecule has 0 aliphatic carbocycles. The average Bonchev–Trinajstić information content (AvgIpc) is 3.39. The molecule has 0 aliphatic heterocycles. The van der Waals surface area contributed by atoms with Gasteiger partial charge in [-0.2, -0.15) is 0 Å². The van der Waals surface area contributed by atoms with Crippen LogP contribution in [0.4, 0.5) is 0 Å². The Hall–Kier alpha value is -4.99. The average molecular weight is 561 g/mol. The number of hydrogen-bond acceptors (Lipinski definition) is 9. The highest BCUT2D eigenvalue weighted by Crippen LogP contribution is 2.11. The van der Waals surface area contributed by atoms with E-state index < -0.39 is 66.1 Å². The predicted molar refractivity (Wildman–Crippen MR) is 138 cm³/mol. The van der Waals surface area contributed by atoms with Crippen LogP contribution in [-0.2, 0) is 41.6 Å². The van der Waals surface area contributed by atoms with Crippen molar-refractivity contribution in [3.8, 4) is 5.75 Å². The number of carboxylic acid groups (broad SMARTS) is 1. The number of aromatic amines is 1. The number of carboxylic acids is 1. The minimum Gasteiger partial charge on any atom is -0.508 e. The Bertz CT molecular complexity index is 1200. The van der Waals surface area contributed by atoms with Gasteiger partial charge in [-0.15, -0.1) is 0 Å². The molecule has 216 valence electrons. The van der Waals surface area contributed by atoms with Crippen LogP contribution in [0.25, 0.3) is 0 Å². The molecule has 4 unspecified atom stereocenters. The first kappa shape index (κ1) is 31.2. The zero-order valence-electron chi connectivity index (χ0n) is 21.3. The van der Waals surface area contributed by atoms with Crippen LogP contribution >= 0.6 is 0 Å². The third-order valence-electron chi connectivity index (χ3n) is 5.67. The maximum atomic E-state index is 13.2. The summed E-state index contributed by atoms with van der Waals surface area (Å²) in [4.78, 5) is 79.7. The fraction of sp³-hybridized carbons (Fsp3) is 0.375. The van der Waals surface area contributed by atoms with Crippen LogP contribution in [0.15, 0.2) is 36.8 Å². The van der Waals surface area contributed by atoms with E-state index in [2.05, 4.69) is 25.9 Å². The van der Waals surface area contributed by atoms with Crippen molar-refractivity contribution in [1.82, 2.24) is 25.9 Å². The molecule has 0 saturated heterocycles. The normalized spacial score (nSPS) is 13.7. The molecule has 0 spiro atoms. The standard InChI is InChI=1S/C24H32N8O8/c25-15(7-12-1-3-14(33)4-2-12)21(36)31-17(8-13-10-28-11-29-13)22(37)32-18(9-20(27)35)23(38)30-16(24(39)40)5-6-19(26)34/h1-4,10-11,15-18,33H,5-9,25H2,(H2,26,34)(H2,27,35)(H,28,29)(H,30,38)(H,31,36)(H,32,37)(H,39,40). The summed E-state index contributed by atoms with van der Waals surface area (Å²) in [5, 5.41) is 25.8. The zero-order chi connectivity index (χ0) is 29.8. The Morgan fingerprint density at radius 1 is 0.850 bits per heavy atom. The number of hydrogen-bond donors (Lipinski definition) is 9. The van der Waals surface area contributed by atoms with E-state index in [-0.39, 0.29) is 31.4 Å². The topological polar surface area (TPSA) is 286 Å². The SMILES string of the molecule is NC(=O)CCC(NC(=O)C(CC(N)=O)NC(=O)C(Cc1cnc[nH]1)NC(=O)C(N)Cc1ccc(O)cc1)C(=O)O. The maximum Gasteiger partial charge on any atom is 0.326 e. The van der Waals surface area contributed by atoms with Gasteiger partial charge in [0.2, 0.25) is 29.5 Å². The monoisotopic (exact) mass is 560 g/mol. The number of nitrogens with one attached hydrogen (secondary N) is 4. The van der Waals surface area contributed by atoms with Gasteiger partial charge in [0, 0.05) is 24.7 Å². The van der Waals surface area contributed by atoms with Gasteiger partial charge < -0.3 is 48.3 Å². The molecule has 0 saturated carbocycles. The second kappa shape index (κ2) is 14.8. The molecule has 0 fully saturated rings. The second-order valence-electron chi connectivity index (χ2n) is 8.96. The minimum atomic E-state index is -1.60. The van der Waals surface area contributed by atoms with Crippen LogP contribution in [0.5, 0.6) is 5.75 Å². The lowest BCUT2D eigenvalue weighted by Gasteiger charge is -2.24. The molecule has 4 atom stereocenters. The maximum absolute atomic E-state index is 13.2. The van der Waals surface area contributed by atoms with Crippen molar-refractivity contribution in [3.63, 3.8) is 0 Å². The number of aromatic nitrogens is 2. The molecule has 1 aromatic carbocycles. The number of imidazole rings is 1. The van der Waals surface area contributed by atoms with E-state index in [1.807, 2.05) is 0 Å². The predicted octanol–water partition coefficient (Wildman–Crippen LogP) is -3.09. The Labute approximate surface area is 228 Å². The van der Waals surface area contributed by atoms with Crippen LogP contribution in [-0.4, -0.2) is 79.9 Å². The van der Waals surface area contributed by atoms with Gasteiger partial charge in [-0.05, 0) is 30.5 Å². The second-order valence-corrected chi connectivity index (χ2v) is 8.96. The number of aliphatic carboxylic acids is 1. The summed E-state index contributed by atoms with van der Waals surface area (Å²) in [5.74, 6) is -5.86. The summed E-state index contributed by atoms with van der Waals surface area (Å²) in [6.45, 7) is 0. The third-order valence-corrected chi connectivity index (χ3v) is 5.67. The van der Waals surface area contributed by atoms with E-state index >= 15 is 0 Å². The summed E-state index contributed by atoms with van der Waals surface area (Å²) < 4.78 is 0. The molecule has 0 bridgehead atoms. The molecule has 5 amide bonds. The molecule has 1 heterocycles. The lowest BCUT2D eigenvalue weighted by molar-refractivity contribution is -0.142. The van der Waals surface area contributed by atoms with Crippen LogP contribution in [0, 0.1) is 0 Å². The number of phenolic OH excluding ortho intramolecular Hbond substituents is 1. The summed E-state index contributed by atoms with van der Waals surface area (Å²) in [6.07, 6.45) is 1.38. The number of aromatic hydroxyl groups is 1. The van der Waals surface area contributed by atoms with Crippen molar-refractivity contribution >= 4 is 35.5 Å². The van der Waals surface area contributed by atoms with Gasteiger partial charge in [0.1, 0.15) is 23.9 Å². The van der Waals surface area contributed by atoms with Gasteiger partial charge >= 0.3 is 5.97 Å². The molecule has 1 aromatic heterocycles. The number of nitrogens with zero attached hydrogens (tertiary/aromatic N) is 1. The fourth-order valence-corrected chi connectivity index (χ4v) is 3.58. The van der Waals surface area contributed by atoms with Crippen LogP contribution < -0.4 is 33.2 Å². The van der Waals surface area contributed by atoms with Crippen molar-refractivity contribution in [3.05, 3.63) is 48.0 Å². The van der Waals surface area contributed by atoms with Crippen LogP contribution in [0.3, 0.4) is 0 Å². The van der Waals surface area contributed by atoms with Gasteiger partial charge in [0.05, 0.1) is 18.8 Å². The van der Waals surface area contributed by atoms with Crippen molar-refractivity contribution in [2.45, 2.75) is 56.3 Å². The number of carbonyl (C=O) groups is 6. The molecule has 16 heteroatoms. The molecule has 2 aromatic rings. The number of H-pyrrole nitrogens is 1. The summed E-state index contributed by atoms with van der Waals surface area (Å²) >= 11 is 0. The molecule has 40 heavy (non-hydrogen) atoms. The zero-order valence-corrected chi connectivity index (χ0v) is 21.3. The first-order valence-corrected chi connectivity index (χ1v) is 12.1. The Balaban J connectivity index is 2.17. The van der Waals surface area contributed by atoms with E-state index in [4.69, 9.17) is 17.2 Å². The number of rotatable bonds is 16. The molecule has 0 aliphatic rings. The molecule has 0 radical (unpaired) electrons. The van der Waals surface area contributed by atoms with Crippen molar-refractivity contribution < 1.29 is 39.0 Å². The van der Waals surface area contributed by atoms with E-state index in [9.17, 15) is 39.0 Å². The lowest BCUT2D eigenvalue weighted by atomic mass is 10.0. The number of benzene rings is 1. The highest BCUT2D eigenvalue weighted by atomic mass is 16.4. The molecule has 2 rings (SSSR count). The van der Waals surface area contributed by atoms with Gasteiger partial charge in [0.15, 0.2) is 0 Å². The molecular weight excluding hydrogens is 528 g/mol. The van der Waals surface area contributed by atoms with Crippen molar-refractivity contribution in [2.75, 3.05) is 0 Å². The van der Waals surface area contributed by atoms with E-state index in [1.165, 1.54) is 24.7 Å². The number of amides is 5. The fourth-order valence-electron chi connectivity index (χ4n) is 3.58. The first-order chi connectivity index (χ1) is 18.8. The first-order valence-electron chi connectivity index (χ1n) is 12.1. The molecule has 16 nitrogen and oxygen atoms in total. The molecular formula is C24H32N8O8. The van der Waals surface area contributed by atoms with Gasteiger partial charge in [0.25, 0.3) is 0 Å². The highest BCUT2D eigenvalue weighted by Gasteiger charge is 2.31. The third kappa shape index (κ3) is 10.4. The Kier molecular flexibility index (Phi) is 11.6. The number of nitrogens with two attached hydrogens (primary N) is 3. The highest BCUT2D eigenvalue weighted by molar-refractivity contribution is 5.96. The van der Waals surface area contributed by atoms with E-state index in [0.717, 1.165) is 0 Å². The lowest BCUT2D eigenvalue weighted by Crippen LogP contribution is -2.58. The van der Waals surface area contributed by atoms with Crippen molar-refractivity contribution in [2.24, 2.45) is 17.2 Å².